The number of nitrogens with one attached hydrogen (secondary N) is 1. The summed E-state index contributed by atoms with van der Waals surface area (Å²) in [6.07, 6.45) is 7.61. The van der Waals surface area contributed by atoms with Crippen molar-refractivity contribution in [2.24, 2.45) is 0 Å². The van der Waals surface area contributed by atoms with Crippen LogP contribution in [0.2, 0.25) is 0 Å². The van der Waals surface area contributed by atoms with Crippen LogP contribution in [0.15, 0.2) is 0 Å². The van der Waals surface area contributed by atoms with Crippen molar-refractivity contribution >= 4 is 5.97 Å². The van der Waals surface area contributed by atoms with Crippen LogP contribution < -0.4 is 5.32 Å². The van der Waals surface area contributed by atoms with Gasteiger partial charge in [0.05, 0.1) is 0 Å². The maximum absolute atomic E-state index is 10.7. The summed E-state index contributed by atoms with van der Waals surface area (Å²) >= 11 is 0. The fourth-order valence-electron chi connectivity index (χ4n) is 3.35. The first-order valence-electron chi connectivity index (χ1n) is 7.37. The Labute approximate surface area is 110 Å². The molecule has 0 amide bonds. The molecule has 2 N–H and O–H groups in total. The van der Waals surface area contributed by atoms with Gasteiger partial charge in [0.25, 0.3) is 0 Å². The third kappa shape index (κ3) is 3.95. The molecule has 4 heteroatoms. The van der Waals surface area contributed by atoms with Crippen molar-refractivity contribution in [1.82, 2.24) is 10.2 Å². The maximum Gasteiger partial charge on any atom is 0.303 e. The molecule has 2 atom stereocenters. The molecule has 0 radical (unpaired) electrons. The zero-order chi connectivity index (χ0) is 13.0. The molecule has 2 rings (SSSR count). The topological polar surface area (TPSA) is 52.6 Å². The highest BCUT2D eigenvalue weighted by Gasteiger charge is 2.28. The van der Waals surface area contributed by atoms with E-state index in [9.17, 15) is 4.79 Å². The maximum atomic E-state index is 10.7. The average molecular weight is 254 g/mol. The molecule has 2 fully saturated rings. The molecule has 1 saturated carbocycles. The summed E-state index contributed by atoms with van der Waals surface area (Å²) in [5.41, 5.74) is 0. The van der Waals surface area contributed by atoms with Crippen LogP contribution in [0.3, 0.4) is 0 Å². The third-order valence-electron chi connectivity index (χ3n) is 4.37. The highest BCUT2D eigenvalue weighted by Crippen LogP contribution is 2.25. The summed E-state index contributed by atoms with van der Waals surface area (Å²) in [4.78, 5) is 13.3. The van der Waals surface area contributed by atoms with Crippen LogP contribution in [0.5, 0.6) is 0 Å². The molecular weight excluding hydrogens is 228 g/mol. The number of carboxylic acid groups (broad SMARTS) is 1. The minimum atomic E-state index is -0.680. The van der Waals surface area contributed by atoms with Crippen molar-refractivity contribution in [3.8, 4) is 0 Å². The summed E-state index contributed by atoms with van der Waals surface area (Å²) in [6, 6.07) is 1.61. The van der Waals surface area contributed by atoms with Crippen molar-refractivity contribution in [3.63, 3.8) is 0 Å². The highest BCUT2D eigenvalue weighted by molar-refractivity contribution is 5.66. The Morgan fingerprint density at radius 2 is 2.06 bits per heavy atom. The Bertz CT molecular complexity index is 277. The lowest BCUT2D eigenvalue weighted by molar-refractivity contribution is -0.137. The van der Waals surface area contributed by atoms with Gasteiger partial charge < -0.3 is 10.4 Å². The van der Waals surface area contributed by atoms with Gasteiger partial charge in [-0.15, -0.1) is 0 Å². The molecule has 1 saturated heterocycles. The predicted octanol–water partition coefficient (Wildman–Crippen LogP) is 1.85. The second-order valence-electron chi connectivity index (χ2n) is 5.92. The van der Waals surface area contributed by atoms with E-state index in [1.54, 1.807) is 0 Å². The van der Waals surface area contributed by atoms with Crippen molar-refractivity contribution in [2.75, 3.05) is 13.1 Å². The van der Waals surface area contributed by atoms with Gasteiger partial charge in [-0.2, -0.15) is 0 Å². The zero-order valence-electron chi connectivity index (χ0n) is 11.4. The molecular formula is C14H26N2O2. The number of carboxylic acids is 1. The monoisotopic (exact) mass is 254 g/mol. The molecule has 0 aromatic rings. The van der Waals surface area contributed by atoms with Gasteiger partial charge in [0.1, 0.15) is 0 Å². The fourth-order valence-corrected chi connectivity index (χ4v) is 3.35. The van der Waals surface area contributed by atoms with Gasteiger partial charge >= 0.3 is 5.97 Å². The number of carbonyl (C=O) groups is 1. The van der Waals surface area contributed by atoms with E-state index in [4.69, 9.17) is 5.11 Å². The summed E-state index contributed by atoms with van der Waals surface area (Å²) in [5, 5.41) is 12.4. The molecule has 2 unspecified atom stereocenters. The van der Waals surface area contributed by atoms with E-state index >= 15 is 0 Å². The molecule has 1 heterocycles. The smallest absolute Gasteiger partial charge is 0.303 e. The SMILES string of the molecule is CC1CCN(C2CCCC2)CC(CCC(=O)O)N1. The average Bonchev–Trinajstić information content (AvgIpc) is 2.78. The Kier molecular flexibility index (Phi) is 5.01. The van der Waals surface area contributed by atoms with Gasteiger partial charge in [0.15, 0.2) is 0 Å². The van der Waals surface area contributed by atoms with Crippen LogP contribution in [0, 0.1) is 0 Å². The van der Waals surface area contributed by atoms with Crippen LogP contribution in [0.1, 0.15) is 51.9 Å². The van der Waals surface area contributed by atoms with Crippen LogP contribution in [0.4, 0.5) is 0 Å². The van der Waals surface area contributed by atoms with Gasteiger partial charge in [-0.3, -0.25) is 9.69 Å². The van der Waals surface area contributed by atoms with Gasteiger partial charge in [0.2, 0.25) is 0 Å². The van der Waals surface area contributed by atoms with Crippen molar-refractivity contribution in [2.45, 2.75) is 70.0 Å². The first kappa shape index (κ1) is 13.8. The van der Waals surface area contributed by atoms with E-state index in [1.165, 1.54) is 38.6 Å². The first-order valence-corrected chi connectivity index (χ1v) is 7.37. The number of nitrogens with zero attached hydrogens (tertiary/aromatic N) is 1. The molecule has 18 heavy (non-hydrogen) atoms. The summed E-state index contributed by atoms with van der Waals surface area (Å²) < 4.78 is 0. The van der Waals surface area contributed by atoms with E-state index in [0.717, 1.165) is 19.0 Å². The number of hydrogen-bond donors (Lipinski definition) is 2. The van der Waals surface area contributed by atoms with Crippen molar-refractivity contribution in [3.05, 3.63) is 0 Å². The molecule has 104 valence electrons. The summed E-state index contributed by atoms with van der Waals surface area (Å²) in [6.45, 7) is 4.41. The van der Waals surface area contributed by atoms with Crippen LogP contribution in [-0.4, -0.2) is 47.2 Å². The van der Waals surface area contributed by atoms with Crippen LogP contribution >= 0.6 is 0 Å². The largest absolute Gasteiger partial charge is 0.481 e. The summed E-state index contributed by atoms with van der Waals surface area (Å²) in [7, 11) is 0. The van der Waals surface area contributed by atoms with Gasteiger partial charge in [-0.25, -0.2) is 0 Å². The van der Waals surface area contributed by atoms with Crippen molar-refractivity contribution < 1.29 is 9.90 Å². The Hall–Kier alpha value is -0.610. The fraction of sp³-hybridized carbons (Fsp3) is 0.929. The molecule has 1 aliphatic heterocycles. The molecule has 0 aromatic heterocycles. The molecule has 4 nitrogen and oxygen atoms in total. The number of aliphatic carboxylic acids is 1. The molecule has 0 spiro atoms. The van der Waals surface area contributed by atoms with Gasteiger partial charge in [0, 0.05) is 31.1 Å². The predicted molar refractivity (Wildman–Crippen MR) is 71.7 cm³/mol. The Balaban J connectivity index is 1.89. The molecule has 0 aromatic carbocycles. The van der Waals surface area contributed by atoms with E-state index in [0.29, 0.717) is 12.1 Å². The second-order valence-corrected chi connectivity index (χ2v) is 5.92. The zero-order valence-corrected chi connectivity index (χ0v) is 11.4. The van der Waals surface area contributed by atoms with Crippen LogP contribution in [-0.2, 0) is 4.79 Å². The highest BCUT2D eigenvalue weighted by atomic mass is 16.4. The van der Waals surface area contributed by atoms with E-state index in [2.05, 4.69) is 17.1 Å². The van der Waals surface area contributed by atoms with Gasteiger partial charge in [-0.05, 0) is 39.2 Å². The number of rotatable bonds is 4. The second kappa shape index (κ2) is 6.53. The minimum absolute atomic E-state index is 0.281. The Morgan fingerprint density at radius 3 is 2.72 bits per heavy atom. The minimum Gasteiger partial charge on any atom is -0.481 e. The van der Waals surface area contributed by atoms with E-state index in [-0.39, 0.29) is 6.42 Å². The standard InChI is InChI=1S/C14H26N2O2/c1-11-8-9-16(13-4-2-3-5-13)10-12(15-11)6-7-14(17)18/h11-13,15H,2-10H2,1H3,(H,17,18). The Morgan fingerprint density at radius 1 is 1.33 bits per heavy atom. The van der Waals surface area contributed by atoms with Crippen LogP contribution in [0.25, 0.3) is 0 Å². The molecule has 2 aliphatic rings. The third-order valence-corrected chi connectivity index (χ3v) is 4.37. The van der Waals surface area contributed by atoms with E-state index < -0.39 is 5.97 Å². The number of hydrogen-bond acceptors (Lipinski definition) is 3. The normalized spacial score (nSPS) is 31.4. The quantitative estimate of drug-likeness (QED) is 0.804. The van der Waals surface area contributed by atoms with E-state index in [1.807, 2.05) is 0 Å². The first-order chi connectivity index (χ1) is 8.65. The lowest BCUT2D eigenvalue weighted by Crippen LogP contribution is -2.43. The molecule has 1 aliphatic carbocycles. The van der Waals surface area contributed by atoms with Gasteiger partial charge in [-0.1, -0.05) is 12.8 Å². The lowest BCUT2D eigenvalue weighted by atomic mass is 10.1. The van der Waals surface area contributed by atoms with Crippen molar-refractivity contribution in [1.29, 1.82) is 0 Å². The lowest BCUT2D eigenvalue weighted by Gasteiger charge is -2.29. The molecule has 0 bridgehead atoms. The summed E-state index contributed by atoms with van der Waals surface area (Å²) in [5.74, 6) is -0.680.